The van der Waals surface area contributed by atoms with Crippen LogP contribution in [0.2, 0.25) is 5.15 Å². The summed E-state index contributed by atoms with van der Waals surface area (Å²) in [5, 5.41) is 3.03. The average Bonchev–Trinajstić information content (AvgIpc) is 2.37. The molecule has 0 bridgehead atoms. The number of hydrogen-bond acceptors (Lipinski definition) is 6. The fourth-order valence-corrected chi connectivity index (χ4v) is 2.75. The Kier molecular flexibility index (Phi) is 6.31. The molecule has 0 unspecified atom stereocenters. The van der Waals surface area contributed by atoms with Crippen molar-refractivity contribution < 1.29 is 13.2 Å². The fraction of sp³-hybridized carbons (Fsp3) is 0.545. The van der Waals surface area contributed by atoms with Gasteiger partial charge in [0.15, 0.2) is 6.29 Å². The number of carbonyl (C=O) groups is 1. The molecule has 7 nitrogen and oxygen atoms in total. The summed E-state index contributed by atoms with van der Waals surface area (Å²) in [5.74, 6) is 0.349. The summed E-state index contributed by atoms with van der Waals surface area (Å²) in [5.41, 5.74) is 0.199. The van der Waals surface area contributed by atoms with Crippen molar-refractivity contribution in [2.75, 3.05) is 31.2 Å². The maximum Gasteiger partial charge on any atom is 0.211 e. The smallest absolute Gasteiger partial charge is 0.211 e. The van der Waals surface area contributed by atoms with Gasteiger partial charge in [-0.15, -0.1) is 0 Å². The predicted octanol–water partition coefficient (Wildman–Crippen LogP) is 1.03. The van der Waals surface area contributed by atoms with Gasteiger partial charge >= 0.3 is 0 Å². The summed E-state index contributed by atoms with van der Waals surface area (Å²) in [4.78, 5) is 18.5. The number of halogens is 1. The molecule has 0 radical (unpaired) electrons. The molecular formula is C11H17ClN4O3S. The Hall–Kier alpha value is -1.25. The number of sulfonamides is 1. The van der Waals surface area contributed by atoms with Crippen LogP contribution < -0.4 is 5.32 Å². The molecule has 1 aromatic heterocycles. The molecule has 0 aliphatic rings. The first-order valence-electron chi connectivity index (χ1n) is 6.04. The predicted molar refractivity (Wildman–Crippen MR) is 77.6 cm³/mol. The molecule has 0 fully saturated rings. The largest absolute Gasteiger partial charge is 0.369 e. The molecule has 112 valence electrons. The van der Waals surface area contributed by atoms with E-state index in [4.69, 9.17) is 11.6 Å². The molecule has 0 aromatic carbocycles. The van der Waals surface area contributed by atoms with Gasteiger partial charge in [0.25, 0.3) is 0 Å². The molecule has 0 saturated carbocycles. The number of aromatic nitrogens is 2. The Morgan fingerprint density at radius 2 is 2.15 bits per heavy atom. The van der Waals surface area contributed by atoms with Crippen LogP contribution in [0, 0.1) is 0 Å². The minimum absolute atomic E-state index is 0.0869. The van der Waals surface area contributed by atoms with E-state index in [2.05, 4.69) is 15.3 Å². The highest BCUT2D eigenvalue weighted by atomic mass is 35.5. The molecule has 1 heterocycles. The second kappa shape index (κ2) is 7.51. The first kappa shape index (κ1) is 16.8. The van der Waals surface area contributed by atoms with Crippen molar-refractivity contribution in [1.29, 1.82) is 0 Å². The minimum atomic E-state index is -3.18. The lowest BCUT2D eigenvalue weighted by Gasteiger charge is -2.17. The first-order chi connectivity index (χ1) is 9.40. The number of aldehydes is 1. The van der Waals surface area contributed by atoms with Crippen LogP contribution in [0.15, 0.2) is 6.33 Å². The van der Waals surface area contributed by atoms with Gasteiger partial charge in [-0.3, -0.25) is 4.79 Å². The van der Waals surface area contributed by atoms with Gasteiger partial charge in [0.1, 0.15) is 17.3 Å². The Morgan fingerprint density at radius 3 is 2.70 bits per heavy atom. The van der Waals surface area contributed by atoms with Crippen molar-refractivity contribution >= 4 is 33.7 Å². The number of nitrogens with one attached hydrogen (secondary N) is 1. The molecule has 0 saturated heterocycles. The second-order valence-electron chi connectivity index (χ2n) is 4.08. The highest BCUT2D eigenvalue weighted by molar-refractivity contribution is 7.88. The Balaban J connectivity index is 2.54. The van der Waals surface area contributed by atoms with Gasteiger partial charge in [-0.05, 0) is 6.42 Å². The zero-order valence-electron chi connectivity index (χ0n) is 11.3. The topological polar surface area (TPSA) is 92.3 Å². The summed E-state index contributed by atoms with van der Waals surface area (Å²) in [7, 11) is -3.18. The third kappa shape index (κ3) is 4.69. The number of rotatable bonds is 8. The summed E-state index contributed by atoms with van der Waals surface area (Å²) < 4.78 is 24.2. The lowest BCUT2D eigenvalue weighted by Crippen LogP contribution is -2.31. The van der Waals surface area contributed by atoms with Crippen molar-refractivity contribution in [3.05, 3.63) is 17.0 Å². The zero-order chi connectivity index (χ0) is 15.2. The van der Waals surface area contributed by atoms with E-state index in [1.165, 1.54) is 16.9 Å². The molecule has 1 N–H and O–H groups in total. The van der Waals surface area contributed by atoms with Crippen molar-refractivity contribution in [1.82, 2.24) is 14.3 Å². The van der Waals surface area contributed by atoms with Crippen LogP contribution in [0.1, 0.15) is 23.7 Å². The van der Waals surface area contributed by atoms with E-state index < -0.39 is 10.0 Å². The maximum absolute atomic E-state index is 11.4. The van der Waals surface area contributed by atoms with Crippen LogP contribution in [-0.2, 0) is 10.0 Å². The van der Waals surface area contributed by atoms with Gasteiger partial charge in [0, 0.05) is 19.6 Å². The van der Waals surface area contributed by atoms with E-state index in [0.717, 1.165) is 0 Å². The number of anilines is 1. The van der Waals surface area contributed by atoms with Crippen molar-refractivity contribution in [2.24, 2.45) is 0 Å². The molecule has 0 aliphatic carbocycles. The summed E-state index contributed by atoms with van der Waals surface area (Å²) in [6, 6.07) is 0. The molecule has 0 spiro atoms. The third-order valence-electron chi connectivity index (χ3n) is 2.65. The van der Waals surface area contributed by atoms with Gasteiger partial charge in [0.05, 0.1) is 11.8 Å². The molecule has 20 heavy (non-hydrogen) atoms. The Bertz CT molecular complexity index is 565. The molecule has 1 rings (SSSR count). The van der Waals surface area contributed by atoms with Gasteiger partial charge in [-0.2, -0.15) is 0 Å². The van der Waals surface area contributed by atoms with Crippen LogP contribution >= 0.6 is 11.6 Å². The SMILES string of the molecule is CCN(CCCNc1ncnc(Cl)c1C=O)S(C)(=O)=O. The first-order valence-corrected chi connectivity index (χ1v) is 8.27. The standard InChI is InChI=1S/C11H17ClN4O3S/c1-3-16(20(2,18)19)6-4-5-13-11-9(7-17)10(12)14-8-15-11/h7-8H,3-6H2,1-2H3,(H,13,14,15). The molecule has 0 amide bonds. The maximum atomic E-state index is 11.4. The van der Waals surface area contributed by atoms with Crippen LogP contribution in [0.4, 0.5) is 5.82 Å². The summed E-state index contributed by atoms with van der Waals surface area (Å²) in [6.07, 6.45) is 3.60. The van der Waals surface area contributed by atoms with E-state index in [9.17, 15) is 13.2 Å². The highest BCUT2D eigenvalue weighted by Gasteiger charge is 2.13. The van der Waals surface area contributed by atoms with Crippen LogP contribution in [0.25, 0.3) is 0 Å². The normalized spacial score (nSPS) is 11.6. The summed E-state index contributed by atoms with van der Waals surface area (Å²) in [6.45, 7) is 3.08. The van der Waals surface area contributed by atoms with Crippen LogP contribution in [0.3, 0.4) is 0 Å². The van der Waals surface area contributed by atoms with E-state index in [1.54, 1.807) is 6.92 Å². The Labute approximate surface area is 123 Å². The molecule has 0 atom stereocenters. The van der Waals surface area contributed by atoms with Gasteiger partial charge in [-0.25, -0.2) is 22.7 Å². The van der Waals surface area contributed by atoms with E-state index >= 15 is 0 Å². The van der Waals surface area contributed by atoms with Crippen LogP contribution in [-0.4, -0.2) is 54.9 Å². The summed E-state index contributed by atoms with van der Waals surface area (Å²) >= 11 is 5.77. The van der Waals surface area contributed by atoms with E-state index in [-0.39, 0.29) is 10.7 Å². The number of hydrogen-bond donors (Lipinski definition) is 1. The zero-order valence-corrected chi connectivity index (χ0v) is 12.9. The van der Waals surface area contributed by atoms with Gasteiger partial charge in [0.2, 0.25) is 10.0 Å². The monoisotopic (exact) mass is 320 g/mol. The lowest BCUT2D eigenvalue weighted by molar-refractivity contribution is 0.112. The Morgan fingerprint density at radius 1 is 1.45 bits per heavy atom. The third-order valence-corrected chi connectivity index (χ3v) is 4.33. The molecular weight excluding hydrogens is 304 g/mol. The highest BCUT2D eigenvalue weighted by Crippen LogP contribution is 2.16. The van der Waals surface area contributed by atoms with E-state index in [0.29, 0.717) is 38.2 Å². The van der Waals surface area contributed by atoms with Gasteiger partial charge in [-0.1, -0.05) is 18.5 Å². The molecule has 1 aromatic rings. The average molecular weight is 321 g/mol. The minimum Gasteiger partial charge on any atom is -0.369 e. The second-order valence-corrected chi connectivity index (χ2v) is 6.42. The van der Waals surface area contributed by atoms with Crippen LogP contribution in [0.5, 0.6) is 0 Å². The molecule has 0 aliphatic heterocycles. The fourth-order valence-electron chi connectivity index (χ4n) is 1.64. The number of nitrogens with zero attached hydrogens (tertiary/aromatic N) is 3. The van der Waals surface area contributed by atoms with Crippen molar-refractivity contribution in [2.45, 2.75) is 13.3 Å². The molecule has 9 heteroatoms. The lowest BCUT2D eigenvalue weighted by atomic mass is 10.3. The van der Waals surface area contributed by atoms with Crippen molar-refractivity contribution in [3.8, 4) is 0 Å². The van der Waals surface area contributed by atoms with E-state index in [1.807, 2.05) is 0 Å². The quantitative estimate of drug-likeness (QED) is 0.437. The van der Waals surface area contributed by atoms with Crippen molar-refractivity contribution in [3.63, 3.8) is 0 Å². The van der Waals surface area contributed by atoms with Gasteiger partial charge < -0.3 is 5.32 Å². The number of carbonyl (C=O) groups excluding carboxylic acids is 1.